The third-order valence-corrected chi connectivity index (χ3v) is 4.21. The molecule has 0 bridgehead atoms. The molecule has 5 heteroatoms. The highest BCUT2D eigenvalue weighted by molar-refractivity contribution is 5.76. The molecular weight excluding hydrogens is 242 g/mol. The van der Waals surface area contributed by atoms with E-state index in [9.17, 15) is 9.59 Å². The lowest BCUT2D eigenvalue weighted by molar-refractivity contribution is -0.132. The molecule has 0 unspecified atom stereocenters. The first-order chi connectivity index (χ1) is 9.06. The molecule has 2 aliphatic rings. The first-order valence-corrected chi connectivity index (χ1v) is 7.05. The summed E-state index contributed by atoms with van der Waals surface area (Å²) < 4.78 is 0. The Morgan fingerprint density at radius 2 is 1.68 bits per heavy atom. The summed E-state index contributed by atoms with van der Waals surface area (Å²) in [4.78, 5) is 26.8. The number of amides is 3. The lowest BCUT2D eigenvalue weighted by Crippen LogP contribution is -2.43. The van der Waals surface area contributed by atoms with Gasteiger partial charge in [-0.25, -0.2) is 4.79 Å². The van der Waals surface area contributed by atoms with Gasteiger partial charge in [0.25, 0.3) is 0 Å². The quantitative estimate of drug-likeness (QED) is 0.766. The Kier molecular flexibility index (Phi) is 4.45. The summed E-state index contributed by atoms with van der Waals surface area (Å²) in [6, 6.07) is -0.348. The molecule has 0 atom stereocenters. The fourth-order valence-corrected chi connectivity index (χ4v) is 2.81. The van der Waals surface area contributed by atoms with E-state index >= 15 is 0 Å². The minimum Gasteiger partial charge on any atom is -0.351 e. The molecule has 0 spiro atoms. The third-order valence-electron chi connectivity index (χ3n) is 4.21. The van der Waals surface area contributed by atoms with E-state index in [0.717, 1.165) is 38.8 Å². The van der Waals surface area contributed by atoms with Gasteiger partial charge in [0.05, 0.1) is 0 Å². The number of nitrogens with two attached hydrogens (primary N) is 1. The summed E-state index contributed by atoms with van der Waals surface area (Å²) in [5.74, 6) is 0.651. The number of carbonyl (C=O) groups is 2. The van der Waals surface area contributed by atoms with Crippen molar-refractivity contribution in [1.82, 2.24) is 9.80 Å². The van der Waals surface area contributed by atoms with Crippen molar-refractivity contribution in [3.63, 3.8) is 0 Å². The maximum atomic E-state index is 12.2. The molecule has 0 aromatic carbocycles. The minimum atomic E-state index is -0.348. The zero-order chi connectivity index (χ0) is 13.8. The standard InChI is InChI=1S/C14H23N3O2/c1-11-2-6-16(7-3-11)13(18)10-12-4-8-17(9-5-12)14(15)19/h12H,1-10H2,(H2,15,19). The summed E-state index contributed by atoms with van der Waals surface area (Å²) in [6.45, 7) is 6.96. The second-order valence-electron chi connectivity index (χ2n) is 5.60. The summed E-state index contributed by atoms with van der Waals surface area (Å²) in [5.41, 5.74) is 6.50. The molecule has 3 amide bonds. The molecule has 2 heterocycles. The van der Waals surface area contributed by atoms with Gasteiger partial charge in [0.2, 0.25) is 5.91 Å². The highest BCUT2D eigenvalue weighted by Crippen LogP contribution is 2.23. The summed E-state index contributed by atoms with van der Waals surface area (Å²) in [5, 5.41) is 0. The zero-order valence-electron chi connectivity index (χ0n) is 11.4. The fourth-order valence-electron chi connectivity index (χ4n) is 2.81. The molecule has 0 radical (unpaired) electrons. The van der Waals surface area contributed by atoms with Crippen molar-refractivity contribution < 1.29 is 9.59 Å². The number of nitrogens with zero attached hydrogens (tertiary/aromatic N) is 2. The lowest BCUT2D eigenvalue weighted by atomic mass is 9.92. The van der Waals surface area contributed by atoms with Crippen LogP contribution in [-0.4, -0.2) is 47.9 Å². The molecular formula is C14H23N3O2. The van der Waals surface area contributed by atoms with E-state index in [1.54, 1.807) is 4.90 Å². The van der Waals surface area contributed by atoms with Crippen molar-refractivity contribution in [1.29, 1.82) is 0 Å². The van der Waals surface area contributed by atoms with Gasteiger partial charge in [0, 0.05) is 32.6 Å². The molecule has 0 aromatic rings. The first kappa shape index (κ1) is 13.9. The van der Waals surface area contributed by atoms with Gasteiger partial charge < -0.3 is 15.5 Å². The molecule has 106 valence electrons. The van der Waals surface area contributed by atoms with Gasteiger partial charge in [-0.2, -0.15) is 0 Å². The molecule has 2 aliphatic heterocycles. The highest BCUT2D eigenvalue weighted by Gasteiger charge is 2.26. The second kappa shape index (κ2) is 6.08. The van der Waals surface area contributed by atoms with Crippen molar-refractivity contribution in [3.8, 4) is 0 Å². The number of carbonyl (C=O) groups excluding carboxylic acids is 2. The Morgan fingerprint density at radius 1 is 1.11 bits per heavy atom. The zero-order valence-corrected chi connectivity index (χ0v) is 11.4. The average Bonchev–Trinajstić information content (AvgIpc) is 2.40. The predicted molar refractivity (Wildman–Crippen MR) is 73.5 cm³/mol. The fraction of sp³-hybridized carbons (Fsp3) is 0.714. The van der Waals surface area contributed by atoms with Crippen LogP contribution in [0, 0.1) is 5.92 Å². The largest absolute Gasteiger partial charge is 0.351 e. The highest BCUT2D eigenvalue weighted by atomic mass is 16.2. The maximum absolute atomic E-state index is 12.2. The average molecular weight is 265 g/mol. The van der Waals surface area contributed by atoms with Gasteiger partial charge in [-0.05, 0) is 31.6 Å². The van der Waals surface area contributed by atoms with E-state index in [-0.39, 0.29) is 11.9 Å². The first-order valence-electron chi connectivity index (χ1n) is 7.05. The number of piperidine rings is 2. The van der Waals surface area contributed by atoms with E-state index in [1.807, 2.05) is 4.90 Å². The monoisotopic (exact) mass is 265 g/mol. The van der Waals surface area contributed by atoms with Gasteiger partial charge in [-0.15, -0.1) is 0 Å². The molecule has 2 saturated heterocycles. The van der Waals surface area contributed by atoms with Crippen LogP contribution < -0.4 is 5.73 Å². The van der Waals surface area contributed by atoms with Crippen molar-refractivity contribution in [2.45, 2.75) is 32.1 Å². The maximum Gasteiger partial charge on any atom is 0.314 e. The van der Waals surface area contributed by atoms with Crippen molar-refractivity contribution >= 4 is 11.9 Å². The van der Waals surface area contributed by atoms with Crippen molar-refractivity contribution in [2.24, 2.45) is 11.7 Å². The normalized spacial score (nSPS) is 21.6. The third kappa shape index (κ3) is 3.72. The molecule has 2 fully saturated rings. The lowest BCUT2D eigenvalue weighted by Gasteiger charge is -2.33. The number of likely N-dealkylation sites (tertiary alicyclic amines) is 2. The van der Waals surface area contributed by atoms with Crippen LogP contribution >= 0.6 is 0 Å². The summed E-state index contributed by atoms with van der Waals surface area (Å²) in [7, 11) is 0. The SMILES string of the molecule is C=C1CCN(C(=O)CC2CCN(C(N)=O)CC2)CC1. The van der Waals surface area contributed by atoms with E-state index in [4.69, 9.17) is 5.73 Å². The number of hydrogen-bond donors (Lipinski definition) is 1. The Labute approximate surface area is 114 Å². The predicted octanol–water partition coefficient (Wildman–Crippen LogP) is 1.35. The van der Waals surface area contributed by atoms with Gasteiger partial charge in [0.1, 0.15) is 0 Å². The van der Waals surface area contributed by atoms with Crippen LogP contribution in [0.15, 0.2) is 12.2 Å². The molecule has 0 saturated carbocycles. The van der Waals surface area contributed by atoms with Crippen LogP contribution in [0.1, 0.15) is 32.1 Å². The van der Waals surface area contributed by atoms with Crippen LogP contribution in [0.3, 0.4) is 0 Å². The number of rotatable bonds is 2. The van der Waals surface area contributed by atoms with Crippen LogP contribution in [0.5, 0.6) is 0 Å². The summed E-state index contributed by atoms with van der Waals surface area (Å²) in [6.07, 6.45) is 4.25. The van der Waals surface area contributed by atoms with E-state index in [2.05, 4.69) is 6.58 Å². The minimum absolute atomic E-state index is 0.255. The number of hydrogen-bond acceptors (Lipinski definition) is 2. The Morgan fingerprint density at radius 3 is 2.21 bits per heavy atom. The van der Waals surface area contributed by atoms with Crippen LogP contribution in [0.2, 0.25) is 0 Å². The van der Waals surface area contributed by atoms with E-state index in [1.165, 1.54) is 5.57 Å². The van der Waals surface area contributed by atoms with Gasteiger partial charge in [-0.3, -0.25) is 4.79 Å². The van der Waals surface area contributed by atoms with E-state index in [0.29, 0.717) is 25.4 Å². The number of primary amides is 1. The molecule has 2 N–H and O–H groups in total. The molecule has 0 aliphatic carbocycles. The van der Waals surface area contributed by atoms with Crippen LogP contribution in [-0.2, 0) is 4.79 Å². The van der Waals surface area contributed by atoms with Crippen molar-refractivity contribution in [2.75, 3.05) is 26.2 Å². The number of urea groups is 1. The molecule has 0 aromatic heterocycles. The molecule has 5 nitrogen and oxygen atoms in total. The van der Waals surface area contributed by atoms with Crippen LogP contribution in [0.25, 0.3) is 0 Å². The summed E-state index contributed by atoms with van der Waals surface area (Å²) >= 11 is 0. The van der Waals surface area contributed by atoms with Crippen molar-refractivity contribution in [3.05, 3.63) is 12.2 Å². The van der Waals surface area contributed by atoms with Gasteiger partial charge >= 0.3 is 6.03 Å². The van der Waals surface area contributed by atoms with Gasteiger partial charge in [0.15, 0.2) is 0 Å². The molecule has 2 rings (SSSR count). The Bertz CT molecular complexity index is 363. The Hall–Kier alpha value is -1.52. The van der Waals surface area contributed by atoms with E-state index < -0.39 is 0 Å². The molecule has 19 heavy (non-hydrogen) atoms. The smallest absolute Gasteiger partial charge is 0.314 e. The second-order valence-corrected chi connectivity index (χ2v) is 5.60. The van der Waals surface area contributed by atoms with Gasteiger partial charge in [-0.1, -0.05) is 12.2 Å². The van der Waals surface area contributed by atoms with Crippen LogP contribution in [0.4, 0.5) is 4.79 Å². The topological polar surface area (TPSA) is 66.6 Å². The Balaban J connectivity index is 1.74.